The Morgan fingerprint density at radius 2 is 1.96 bits per heavy atom. The van der Waals surface area contributed by atoms with Crippen LogP contribution in [0.25, 0.3) is 32.2 Å². The Kier molecular flexibility index (Phi) is 3.51. The smallest absolute Gasteiger partial charge is 0.145 e. The van der Waals surface area contributed by atoms with Gasteiger partial charge in [0.25, 0.3) is 0 Å². The summed E-state index contributed by atoms with van der Waals surface area (Å²) in [6, 6.07) is 9.54. The van der Waals surface area contributed by atoms with Crippen molar-refractivity contribution in [3.63, 3.8) is 0 Å². The first-order chi connectivity index (χ1) is 13.2. The van der Waals surface area contributed by atoms with Gasteiger partial charge in [0.1, 0.15) is 17.9 Å². The number of hydrogen-bond acceptors (Lipinski definition) is 7. The predicted octanol–water partition coefficient (Wildman–Crippen LogP) is 4.09. The van der Waals surface area contributed by atoms with E-state index in [0.29, 0.717) is 16.7 Å². The third-order valence-corrected chi connectivity index (χ3v) is 5.14. The largest absolute Gasteiger partial charge is 0.507 e. The van der Waals surface area contributed by atoms with Gasteiger partial charge in [-0.25, -0.2) is 15.0 Å². The number of phenols is 1. The van der Waals surface area contributed by atoms with Crippen LogP contribution in [0.2, 0.25) is 0 Å². The molecule has 0 saturated heterocycles. The van der Waals surface area contributed by atoms with Crippen LogP contribution in [0.15, 0.2) is 54.6 Å². The minimum absolute atomic E-state index is 0.119. The molecular formula is C19H14N6OS. The molecule has 0 radical (unpaired) electrons. The number of aryl methyl sites for hydroxylation is 1. The summed E-state index contributed by atoms with van der Waals surface area (Å²) < 4.78 is 2.81. The number of thiazole rings is 1. The Labute approximate surface area is 158 Å². The highest BCUT2D eigenvalue weighted by atomic mass is 32.1. The Balaban J connectivity index is 1.60. The van der Waals surface area contributed by atoms with Crippen LogP contribution < -0.4 is 5.32 Å². The van der Waals surface area contributed by atoms with Crippen molar-refractivity contribution in [3.8, 4) is 16.9 Å². The standard InChI is InChI=1S/C19H14N6OS/c1-25-8-12(7-23-25)11-4-15-18(16(26)5-11)19(21-9-20-15)24-13-2-3-14-17(6-13)27-10-22-14/h2-10,26H,1H3,(H,20,21,24). The van der Waals surface area contributed by atoms with Crippen LogP contribution >= 0.6 is 11.3 Å². The highest BCUT2D eigenvalue weighted by Gasteiger charge is 2.13. The molecule has 5 rings (SSSR count). The van der Waals surface area contributed by atoms with Gasteiger partial charge in [-0.2, -0.15) is 5.10 Å². The van der Waals surface area contributed by atoms with E-state index in [4.69, 9.17) is 0 Å². The molecule has 3 aromatic heterocycles. The van der Waals surface area contributed by atoms with Crippen LogP contribution in [0.4, 0.5) is 11.5 Å². The molecule has 0 fully saturated rings. The fourth-order valence-corrected chi connectivity index (χ4v) is 3.79. The molecule has 0 spiro atoms. The first kappa shape index (κ1) is 15.7. The van der Waals surface area contributed by atoms with Crippen LogP contribution in [-0.2, 0) is 7.05 Å². The maximum absolute atomic E-state index is 10.7. The first-order valence-corrected chi connectivity index (χ1v) is 9.12. The average molecular weight is 374 g/mol. The fraction of sp³-hybridized carbons (Fsp3) is 0.0526. The molecule has 0 saturated carbocycles. The van der Waals surface area contributed by atoms with Gasteiger partial charge in [0, 0.05) is 24.5 Å². The van der Waals surface area contributed by atoms with Gasteiger partial charge < -0.3 is 10.4 Å². The number of rotatable bonds is 3. The van der Waals surface area contributed by atoms with Crippen LogP contribution in [0.3, 0.4) is 0 Å². The van der Waals surface area contributed by atoms with Gasteiger partial charge in [-0.05, 0) is 35.9 Å². The summed E-state index contributed by atoms with van der Waals surface area (Å²) in [5.41, 5.74) is 6.08. The van der Waals surface area contributed by atoms with Crippen molar-refractivity contribution in [3.05, 3.63) is 54.6 Å². The molecule has 0 bridgehead atoms. The number of phenolic OH excluding ortho intramolecular Hbond substituents is 1. The number of nitrogens with one attached hydrogen (secondary N) is 1. The topological polar surface area (TPSA) is 88.8 Å². The lowest BCUT2D eigenvalue weighted by Crippen LogP contribution is -1.96. The SMILES string of the molecule is Cn1cc(-c2cc(O)c3c(Nc4ccc5ncsc5c4)ncnc3c2)cn1. The minimum atomic E-state index is 0.119. The van der Waals surface area contributed by atoms with E-state index in [9.17, 15) is 5.11 Å². The lowest BCUT2D eigenvalue weighted by Gasteiger charge is -2.11. The molecule has 0 aliphatic carbocycles. The molecule has 7 nitrogen and oxygen atoms in total. The molecule has 2 N–H and O–H groups in total. The number of aromatic nitrogens is 5. The second-order valence-electron chi connectivity index (χ2n) is 6.17. The van der Waals surface area contributed by atoms with E-state index in [1.807, 2.05) is 43.0 Å². The first-order valence-electron chi connectivity index (χ1n) is 8.24. The van der Waals surface area contributed by atoms with Gasteiger partial charge in [0.2, 0.25) is 0 Å². The van der Waals surface area contributed by atoms with Crippen molar-refractivity contribution in [1.29, 1.82) is 0 Å². The minimum Gasteiger partial charge on any atom is -0.507 e. The maximum atomic E-state index is 10.7. The third-order valence-electron chi connectivity index (χ3n) is 4.35. The number of nitrogens with zero attached hydrogens (tertiary/aromatic N) is 5. The average Bonchev–Trinajstić information content (AvgIpc) is 3.30. The summed E-state index contributed by atoms with van der Waals surface area (Å²) in [6.45, 7) is 0. The van der Waals surface area contributed by atoms with Crippen molar-refractivity contribution in [2.45, 2.75) is 0 Å². The third kappa shape index (κ3) is 2.76. The van der Waals surface area contributed by atoms with E-state index in [-0.39, 0.29) is 5.75 Å². The summed E-state index contributed by atoms with van der Waals surface area (Å²) in [5, 5.41) is 18.7. The second-order valence-corrected chi connectivity index (χ2v) is 7.06. The molecule has 27 heavy (non-hydrogen) atoms. The van der Waals surface area contributed by atoms with Gasteiger partial charge in [-0.15, -0.1) is 11.3 Å². The number of fused-ring (bicyclic) bond motifs is 2. The molecule has 0 amide bonds. The van der Waals surface area contributed by atoms with E-state index < -0.39 is 0 Å². The van der Waals surface area contributed by atoms with Gasteiger partial charge >= 0.3 is 0 Å². The number of anilines is 2. The van der Waals surface area contributed by atoms with Crippen LogP contribution in [-0.4, -0.2) is 29.8 Å². The van der Waals surface area contributed by atoms with Crippen LogP contribution in [0, 0.1) is 0 Å². The summed E-state index contributed by atoms with van der Waals surface area (Å²) in [5.74, 6) is 0.674. The van der Waals surface area contributed by atoms with Gasteiger partial charge in [0.05, 0.1) is 32.8 Å². The molecule has 0 aliphatic rings. The Bertz CT molecular complexity index is 1290. The van der Waals surface area contributed by atoms with Gasteiger partial charge in [0.15, 0.2) is 0 Å². The van der Waals surface area contributed by atoms with E-state index in [1.54, 1.807) is 28.3 Å². The van der Waals surface area contributed by atoms with Crippen molar-refractivity contribution < 1.29 is 5.11 Å². The normalized spacial score (nSPS) is 11.3. The molecule has 0 unspecified atom stereocenters. The van der Waals surface area contributed by atoms with Crippen LogP contribution in [0.5, 0.6) is 5.75 Å². The zero-order chi connectivity index (χ0) is 18.4. The quantitative estimate of drug-likeness (QED) is 0.494. The molecule has 8 heteroatoms. The number of aromatic hydroxyl groups is 1. The van der Waals surface area contributed by atoms with Crippen LogP contribution in [0.1, 0.15) is 0 Å². The number of hydrogen-bond donors (Lipinski definition) is 2. The zero-order valence-electron chi connectivity index (χ0n) is 14.3. The van der Waals surface area contributed by atoms with Crippen molar-refractivity contribution in [2.24, 2.45) is 7.05 Å². The maximum Gasteiger partial charge on any atom is 0.145 e. The van der Waals surface area contributed by atoms with Crippen molar-refractivity contribution in [1.82, 2.24) is 24.7 Å². The van der Waals surface area contributed by atoms with E-state index in [0.717, 1.165) is 27.0 Å². The van der Waals surface area contributed by atoms with Crippen molar-refractivity contribution in [2.75, 3.05) is 5.32 Å². The molecule has 5 aromatic rings. The van der Waals surface area contributed by atoms with E-state index >= 15 is 0 Å². The molecular weight excluding hydrogens is 360 g/mol. The lowest BCUT2D eigenvalue weighted by atomic mass is 10.1. The summed E-state index contributed by atoms with van der Waals surface area (Å²) in [7, 11) is 1.86. The second kappa shape index (κ2) is 6.03. The van der Waals surface area contributed by atoms with Gasteiger partial charge in [-0.3, -0.25) is 4.68 Å². The zero-order valence-corrected chi connectivity index (χ0v) is 15.1. The molecule has 132 valence electrons. The highest BCUT2D eigenvalue weighted by Crippen LogP contribution is 2.35. The summed E-state index contributed by atoms with van der Waals surface area (Å²) in [6.07, 6.45) is 5.14. The molecule has 0 atom stereocenters. The Morgan fingerprint density at radius 1 is 1.04 bits per heavy atom. The Hall–Kier alpha value is -3.52. The highest BCUT2D eigenvalue weighted by molar-refractivity contribution is 7.16. The molecule has 2 aromatic carbocycles. The molecule has 0 aliphatic heterocycles. The summed E-state index contributed by atoms with van der Waals surface area (Å²) in [4.78, 5) is 12.9. The molecule has 3 heterocycles. The monoisotopic (exact) mass is 374 g/mol. The summed E-state index contributed by atoms with van der Waals surface area (Å²) >= 11 is 1.58. The Morgan fingerprint density at radius 3 is 2.81 bits per heavy atom. The van der Waals surface area contributed by atoms with E-state index in [2.05, 4.69) is 25.4 Å². The number of benzene rings is 2. The fourth-order valence-electron chi connectivity index (χ4n) is 3.07. The predicted molar refractivity (Wildman–Crippen MR) is 106 cm³/mol. The van der Waals surface area contributed by atoms with Gasteiger partial charge in [-0.1, -0.05) is 0 Å². The van der Waals surface area contributed by atoms with Crippen molar-refractivity contribution >= 4 is 44.0 Å². The lowest BCUT2D eigenvalue weighted by molar-refractivity contribution is 0.482. The van der Waals surface area contributed by atoms with E-state index in [1.165, 1.54) is 6.33 Å².